The number of rotatable bonds is 8. The Morgan fingerprint density at radius 1 is 1.26 bits per heavy atom. The van der Waals surface area contributed by atoms with Gasteiger partial charge in [-0.3, -0.25) is 9.59 Å². The molecule has 11 heteroatoms. The maximum atomic E-state index is 12.2. The Morgan fingerprint density at radius 3 is 2.74 bits per heavy atom. The van der Waals surface area contributed by atoms with Gasteiger partial charge in [-0.05, 0) is 24.1 Å². The van der Waals surface area contributed by atoms with Crippen LogP contribution in [0.3, 0.4) is 0 Å². The number of nitrogens with zero attached hydrogens (tertiary/aromatic N) is 4. The quantitative estimate of drug-likeness (QED) is 0.402. The summed E-state index contributed by atoms with van der Waals surface area (Å²) in [5.41, 5.74) is -0.725. The molecule has 1 saturated heterocycles. The van der Waals surface area contributed by atoms with Gasteiger partial charge in [-0.2, -0.15) is 10.4 Å². The lowest BCUT2D eigenvalue weighted by Gasteiger charge is -2.24. The van der Waals surface area contributed by atoms with E-state index < -0.39 is 29.9 Å². The Kier molecular flexibility index (Phi) is 7.07. The SMILES string of the molecule is CCCC(=O)Nc1ncnn2c([C@]3(C#N)O[C@H](COC(=O)Cc4ccccc4)[C@@H](O)[C@H]3O)ccc12. The zero-order chi connectivity index (χ0) is 25.0. The first-order valence-corrected chi connectivity index (χ1v) is 11.2. The van der Waals surface area contributed by atoms with E-state index in [1.807, 2.05) is 19.1 Å². The van der Waals surface area contributed by atoms with Crippen molar-refractivity contribution in [2.75, 3.05) is 11.9 Å². The van der Waals surface area contributed by atoms with E-state index in [-0.39, 0.29) is 30.4 Å². The Bertz CT molecular complexity index is 1260. The minimum Gasteiger partial charge on any atom is -0.463 e. The van der Waals surface area contributed by atoms with Crippen LogP contribution in [0.25, 0.3) is 5.52 Å². The van der Waals surface area contributed by atoms with Crippen LogP contribution in [0.4, 0.5) is 5.82 Å². The molecule has 0 aliphatic carbocycles. The Morgan fingerprint density at radius 2 is 2.03 bits per heavy atom. The fourth-order valence-electron chi connectivity index (χ4n) is 4.04. The summed E-state index contributed by atoms with van der Waals surface area (Å²) in [5.74, 6) is -0.530. The summed E-state index contributed by atoms with van der Waals surface area (Å²) in [5, 5.41) is 38.3. The van der Waals surface area contributed by atoms with Crippen LogP contribution in [0, 0.1) is 11.3 Å². The highest BCUT2D eigenvalue weighted by molar-refractivity contribution is 5.93. The minimum absolute atomic E-state index is 0.0301. The van der Waals surface area contributed by atoms with Crippen molar-refractivity contribution in [3.05, 3.63) is 60.0 Å². The van der Waals surface area contributed by atoms with E-state index in [0.717, 1.165) is 5.56 Å². The smallest absolute Gasteiger partial charge is 0.310 e. The predicted molar refractivity (Wildman–Crippen MR) is 122 cm³/mol. The average molecular weight is 479 g/mol. The predicted octanol–water partition coefficient (Wildman–Crippen LogP) is 1.09. The van der Waals surface area contributed by atoms with Gasteiger partial charge in [0.1, 0.15) is 42.8 Å². The summed E-state index contributed by atoms with van der Waals surface area (Å²) >= 11 is 0. The molecule has 0 spiro atoms. The maximum Gasteiger partial charge on any atom is 0.310 e. The lowest BCUT2D eigenvalue weighted by Crippen LogP contribution is -2.41. The monoisotopic (exact) mass is 479 g/mol. The van der Waals surface area contributed by atoms with Crippen molar-refractivity contribution < 1.29 is 29.3 Å². The molecule has 1 aliphatic rings. The van der Waals surface area contributed by atoms with Gasteiger partial charge in [0, 0.05) is 6.42 Å². The zero-order valence-electron chi connectivity index (χ0n) is 19.0. The number of carbonyl (C=O) groups excluding carboxylic acids is 2. The van der Waals surface area contributed by atoms with E-state index in [1.54, 1.807) is 30.3 Å². The number of carbonyl (C=O) groups is 2. The summed E-state index contributed by atoms with van der Waals surface area (Å²) in [6.07, 6.45) is -2.12. The second-order valence-corrected chi connectivity index (χ2v) is 8.21. The molecule has 1 aliphatic heterocycles. The summed E-state index contributed by atoms with van der Waals surface area (Å²) in [6.45, 7) is 1.52. The third kappa shape index (κ3) is 4.72. The van der Waals surface area contributed by atoms with Crippen molar-refractivity contribution in [3.8, 4) is 6.07 Å². The van der Waals surface area contributed by atoms with Gasteiger partial charge in [0.05, 0.1) is 12.1 Å². The Hall–Kier alpha value is -3.85. The van der Waals surface area contributed by atoms with Gasteiger partial charge < -0.3 is 25.0 Å². The van der Waals surface area contributed by atoms with Gasteiger partial charge in [0.25, 0.3) is 0 Å². The van der Waals surface area contributed by atoms with Gasteiger partial charge in [0.15, 0.2) is 5.82 Å². The van der Waals surface area contributed by atoms with Gasteiger partial charge >= 0.3 is 5.97 Å². The lowest BCUT2D eigenvalue weighted by atomic mass is 9.92. The van der Waals surface area contributed by atoms with Crippen molar-refractivity contribution in [2.24, 2.45) is 0 Å². The van der Waals surface area contributed by atoms with Gasteiger partial charge in [-0.1, -0.05) is 37.3 Å². The number of benzene rings is 1. The second kappa shape index (κ2) is 10.2. The van der Waals surface area contributed by atoms with Crippen molar-refractivity contribution in [1.29, 1.82) is 5.26 Å². The molecule has 2 aromatic heterocycles. The molecule has 35 heavy (non-hydrogen) atoms. The van der Waals surface area contributed by atoms with Crippen LogP contribution in [-0.4, -0.2) is 61.6 Å². The highest BCUT2D eigenvalue weighted by Gasteiger charge is 2.57. The number of fused-ring (bicyclic) bond motifs is 1. The van der Waals surface area contributed by atoms with E-state index in [1.165, 1.54) is 16.9 Å². The summed E-state index contributed by atoms with van der Waals surface area (Å²) < 4.78 is 12.4. The molecule has 182 valence electrons. The number of anilines is 1. The molecule has 1 amide bonds. The molecule has 3 N–H and O–H groups in total. The average Bonchev–Trinajstić information content (AvgIpc) is 3.39. The highest BCUT2D eigenvalue weighted by atomic mass is 16.6. The number of aromatic nitrogens is 3. The van der Waals surface area contributed by atoms with Crippen LogP contribution in [-0.2, 0) is 31.1 Å². The van der Waals surface area contributed by atoms with Crippen molar-refractivity contribution >= 4 is 23.2 Å². The molecule has 0 radical (unpaired) electrons. The topological polar surface area (TPSA) is 159 Å². The van der Waals surface area contributed by atoms with Crippen molar-refractivity contribution in [2.45, 2.75) is 50.1 Å². The number of ether oxygens (including phenoxy) is 2. The van der Waals surface area contributed by atoms with E-state index in [0.29, 0.717) is 18.4 Å². The maximum absolute atomic E-state index is 12.2. The molecule has 0 bridgehead atoms. The van der Waals surface area contributed by atoms with Crippen LogP contribution >= 0.6 is 0 Å². The number of nitriles is 1. The number of aliphatic hydroxyl groups excluding tert-OH is 2. The zero-order valence-corrected chi connectivity index (χ0v) is 19.0. The third-order valence-corrected chi connectivity index (χ3v) is 5.79. The normalized spacial score (nSPS) is 23.7. The largest absolute Gasteiger partial charge is 0.463 e. The fourth-order valence-corrected chi connectivity index (χ4v) is 4.04. The molecule has 0 saturated carbocycles. The van der Waals surface area contributed by atoms with Crippen molar-refractivity contribution in [3.63, 3.8) is 0 Å². The summed E-state index contributed by atoms with van der Waals surface area (Å²) in [7, 11) is 0. The van der Waals surface area contributed by atoms with Crippen molar-refractivity contribution in [1.82, 2.24) is 14.6 Å². The lowest BCUT2D eigenvalue weighted by molar-refractivity contribution is -0.149. The number of esters is 1. The molecule has 3 aromatic rings. The highest BCUT2D eigenvalue weighted by Crippen LogP contribution is 2.40. The number of nitrogens with one attached hydrogen (secondary N) is 1. The molecule has 3 heterocycles. The Balaban J connectivity index is 1.54. The van der Waals surface area contributed by atoms with E-state index in [4.69, 9.17) is 9.47 Å². The first kappa shape index (κ1) is 24.3. The van der Waals surface area contributed by atoms with E-state index in [2.05, 4.69) is 15.4 Å². The summed E-state index contributed by atoms with van der Waals surface area (Å²) in [6, 6.07) is 14.0. The first-order chi connectivity index (χ1) is 16.9. The van der Waals surface area contributed by atoms with Crippen LogP contribution in [0.2, 0.25) is 0 Å². The number of amides is 1. The van der Waals surface area contributed by atoms with Gasteiger partial charge in [0.2, 0.25) is 11.5 Å². The van der Waals surface area contributed by atoms with E-state index in [9.17, 15) is 25.1 Å². The second-order valence-electron chi connectivity index (χ2n) is 8.21. The Labute approximate surface area is 200 Å². The van der Waals surface area contributed by atoms with Crippen LogP contribution in [0.5, 0.6) is 0 Å². The molecule has 11 nitrogen and oxygen atoms in total. The molecular weight excluding hydrogens is 454 g/mol. The number of hydrogen-bond acceptors (Lipinski definition) is 9. The molecule has 4 rings (SSSR count). The summed E-state index contributed by atoms with van der Waals surface area (Å²) in [4.78, 5) is 28.4. The fraction of sp³-hybridized carbons (Fsp3) is 0.375. The first-order valence-electron chi connectivity index (χ1n) is 11.2. The number of hydrogen-bond donors (Lipinski definition) is 3. The van der Waals surface area contributed by atoms with E-state index >= 15 is 0 Å². The number of aliphatic hydroxyl groups is 2. The third-order valence-electron chi connectivity index (χ3n) is 5.79. The molecule has 0 unspecified atom stereocenters. The van der Waals surface area contributed by atoms with Crippen LogP contribution < -0.4 is 5.32 Å². The van der Waals surface area contributed by atoms with Gasteiger partial charge in [-0.25, -0.2) is 9.50 Å². The molecule has 1 fully saturated rings. The minimum atomic E-state index is -2.00. The van der Waals surface area contributed by atoms with Gasteiger partial charge in [-0.15, -0.1) is 0 Å². The molecular formula is C24H25N5O6. The van der Waals surface area contributed by atoms with Crippen LogP contribution in [0.15, 0.2) is 48.8 Å². The molecule has 1 aromatic carbocycles. The standard InChI is InChI=1S/C24H25N5O6/c1-2-6-19(30)28-23-16-9-10-18(29(16)27-14-26-23)24(13-25)22(33)21(32)17(35-24)12-34-20(31)11-15-7-4-3-5-8-15/h3-5,7-10,14,17,21-22,32-33H,2,6,11-12H2,1H3,(H,26,27,28,30)/t17-,21-,22-,24+/m1/s1. The molecule has 4 atom stereocenters. The van der Waals surface area contributed by atoms with Crippen LogP contribution in [0.1, 0.15) is 31.0 Å².